The largest absolute Gasteiger partial charge is 0.305 e. The van der Waals surface area contributed by atoms with Crippen LogP contribution in [-0.2, 0) is 4.79 Å². The molecule has 0 radical (unpaired) electrons. The van der Waals surface area contributed by atoms with Crippen LogP contribution >= 0.6 is 0 Å². The van der Waals surface area contributed by atoms with Crippen molar-refractivity contribution in [1.82, 2.24) is 15.2 Å². The minimum absolute atomic E-state index is 0.0677. The molecule has 1 heterocycles. The molecule has 2 unspecified atom stereocenters. The number of nitrogens with one attached hydrogen (secondary N) is 1. The van der Waals surface area contributed by atoms with Crippen LogP contribution in [0.4, 0.5) is 0 Å². The van der Waals surface area contributed by atoms with Gasteiger partial charge in [0.25, 0.3) is 5.91 Å². The first-order valence-corrected chi connectivity index (χ1v) is 6.01. The van der Waals surface area contributed by atoms with Crippen molar-refractivity contribution < 1.29 is 4.79 Å². The fraction of sp³-hybridized carbons (Fsp3) is 0.909. The van der Waals surface area contributed by atoms with E-state index >= 15 is 0 Å². The van der Waals surface area contributed by atoms with Crippen LogP contribution in [0.3, 0.4) is 0 Å². The van der Waals surface area contributed by atoms with E-state index in [1.807, 2.05) is 6.92 Å². The third-order valence-corrected chi connectivity index (χ3v) is 3.43. The second kappa shape index (κ2) is 6.18. The van der Waals surface area contributed by atoms with Crippen LogP contribution in [0, 0.1) is 0 Å². The van der Waals surface area contributed by atoms with Gasteiger partial charge >= 0.3 is 0 Å². The van der Waals surface area contributed by atoms with E-state index in [-0.39, 0.29) is 11.9 Å². The highest BCUT2D eigenvalue weighted by atomic mass is 16.2. The topological polar surface area (TPSA) is 61.6 Å². The summed E-state index contributed by atoms with van der Waals surface area (Å²) >= 11 is 0. The van der Waals surface area contributed by atoms with E-state index in [2.05, 4.69) is 29.3 Å². The number of carbonyl (C=O) groups excluding carboxylic acids is 1. The van der Waals surface area contributed by atoms with Gasteiger partial charge in [-0.05, 0) is 39.9 Å². The zero-order chi connectivity index (χ0) is 12.1. The van der Waals surface area contributed by atoms with Gasteiger partial charge in [-0.3, -0.25) is 15.1 Å². The molecule has 0 spiro atoms. The Balaban J connectivity index is 2.60. The second-order valence-electron chi connectivity index (χ2n) is 4.69. The number of likely N-dealkylation sites (N-methyl/N-ethyl adjacent to an activating group) is 1. The Morgan fingerprint density at radius 3 is 2.81 bits per heavy atom. The molecule has 5 heteroatoms. The van der Waals surface area contributed by atoms with Crippen LogP contribution in [0.1, 0.15) is 26.2 Å². The molecule has 1 aliphatic heterocycles. The molecule has 0 aliphatic carbocycles. The summed E-state index contributed by atoms with van der Waals surface area (Å²) in [5, 5.41) is 0. The first-order chi connectivity index (χ1) is 7.60. The Morgan fingerprint density at radius 2 is 2.31 bits per heavy atom. The molecule has 0 aromatic heterocycles. The van der Waals surface area contributed by atoms with Gasteiger partial charge in [0.05, 0.1) is 6.04 Å². The van der Waals surface area contributed by atoms with E-state index in [0.29, 0.717) is 6.04 Å². The molecule has 0 aromatic carbocycles. The quantitative estimate of drug-likeness (QED) is 0.397. The van der Waals surface area contributed by atoms with Crippen molar-refractivity contribution >= 4 is 5.91 Å². The minimum Gasteiger partial charge on any atom is -0.305 e. The molecule has 1 saturated heterocycles. The molecular formula is C11H24N4O. The van der Waals surface area contributed by atoms with Gasteiger partial charge in [0, 0.05) is 12.6 Å². The van der Waals surface area contributed by atoms with Gasteiger partial charge in [-0.2, -0.15) is 0 Å². The number of hydrogen-bond donors (Lipinski definition) is 2. The number of carbonyl (C=O) groups is 1. The molecule has 16 heavy (non-hydrogen) atoms. The average Bonchev–Trinajstić information content (AvgIpc) is 2.30. The van der Waals surface area contributed by atoms with Gasteiger partial charge < -0.3 is 4.90 Å². The van der Waals surface area contributed by atoms with Gasteiger partial charge in [0.2, 0.25) is 0 Å². The Morgan fingerprint density at radius 1 is 1.62 bits per heavy atom. The third-order valence-electron chi connectivity index (χ3n) is 3.43. The lowest BCUT2D eigenvalue weighted by atomic mass is 10.0. The SMILES string of the molecule is CCC(C(=O)NN)N1CCCC(N(C)C)C1. The summed E-state index contributed by atoms with van der Waals surface area (Å²) in [6.07, 6.45) is 3.17. The van der Waals surface area contributed by atoms with E-state index in [0.717, 1.165) is 25.9 Å². The number of nitrogens with two attached hydrogens (primary N) is 1. The van der Waals surface area contributed by atoms with E-state index in [4.69, 9.17) is 5.84 Å². The molecule has 3 N–H and O–H groups in total. The van der Waals surface area contributed by atoms with Crippen LogP contribution in [0.25, 0.3) is 0 Å². The maximum absolute atomic E-state index is 11.6. The standard InChI is InChI=1S/C11H24N4O/c1-4-10(11(16)13-12)15-7-5-6-9(8-15)14(2)3/h9-10H,4-8,12H2,1-3H3,(H,13,16). The molecule has 1 rings (SSSR count). The fourth-order valence-electron chi connectivity index (χ4n) is 2.39. The highest BCUT2D eigenvalue weighted by Gasteiger charge is 2.29. The van der Waals surface area contributed by atoms with Crippen molar-refractivity contribution in [3.05, 3.63) is 0 Å². The molecule has 1 aliphatic rings. The molecule has 1 amide bonds. The number of nitrogens with zero attached hydrogens (tertiary/aromatic N) is 2. The van der Waals surface area contributed by atoms with Crippen LogP contribution in [0.5, 0.6) is 0 Å². The number of likely N-dealkylation sites (tertiary alicyclic amines) is 1. The smallest absolute Gasteiger partial charge is 0.251 e. The average molecular weight is 228 g/mol. The predicted octanol–water partition coefficient (Wildman–Crippen LogP) is -0.219. The van der Waals surface area contributed by atoms with Gasteiger partial charge in [0.15, 0.2) is 0 Å². The highest BCUT2D eigenvalue weighted by molar-refractivity contribution is 5.81. The Kier molecular flexibility index (Phi) is 5.18. The first kappa shape index (κ1) is 13.4. The van der Waals surface area contributed by atoms with E-state index < -0.39 is 0 Å². The molecule has 0 saturated carbocycles. The van der Waals surface area contributed by atoms with Crippen LogP contribution < -0.4 is 11.3 Å². The second-order valence-corrected chi connectivity index (χ2v) is 4.69. The lowest BCUT2D eigenvalue weighted by molar-refractivity contribution is -0.127. The van der Waals surface area contributed by atoms with Crippen LogP contribution in [0.15, 0.2) is 0 Å². The highest BCUT2D eigenvalue weighted by Crippen LogP contribution is 2.17. The fourth-order valence-corrected chi connectivity index (χ4v) is 2.39. The summed E-state index contributed by atoms with van der Waals surface area (Å²) in [4.78, 5) is 16.1. The van der Waals surface area contributed by atoms with Crippen molar-refractivity contribution in [3.8, 4) is 0 Å². The van der Waals surface area contributed by atoms with Gasteiger partial charge in [-0.15, -0.1) is 0 Å². The van der Waals surface area contributed by atoms with Gasteiger partial charge in [0.1, 0.15) is 0 Å². The van der Waals surface area contributed by atoms with Crippen molar-refractivity contribution in [1.29, 1.82) is 0 Å². The molecule has 94 valence electrons. The Bertz CT molecular complexity index is 232. The molecule has 2 atom stereocenters. The van der Waals surface area contributed by atoms with Gasteiger partial charge in [-0.25, -0.2) is 5.84 Å². The summed E-state index contributed by atoms with van der Waals surface area (Å²) < 4.78 is 0. The molecule has 0 bridgehead atoms. The zero-order valence-corrected chi connectivity index (χ0v) is 10.6. The van der Waals surface area contributed by atoms with Crippen molar-refractivity contribution in [2.75, 3.05) is 27.2 Å². The third kappa shape index (κ3) is 3.17. The maximum Gasteiger partial charge on any atom is 0.251 e. The number of hydrogen-bond acceptors (Lipinski definition) is 4. The van der Waals surface area contributed by atoms with Crippen molar-refractivity contribution in [2.45, 2.75) is 38.3 Å². The summed E-state index contributed by atoms with van der Waals surface area (Å²) in [6, 6.07) is 0.473. The lowest BCUT2D eigenvalue weighted by Gasteiger charge is -2.39. The first-order valence-electron chi connectivity index (χ1n) is 6.01. The minimum atomic E-state index is -0.0762. The van der Waals surface area contributed by atoms with Crippen molar-refractivity contribution in [2.24, 2.45) is 5.84 Å². The number of rotatable bonds is 4. The van der Waals surface area contributed by atoms with E-state index in [1.54, 1.807) is 0 Å². The number of amides is 1. The maximum atomic E-state index is 11.6. The normalized spacial score (nSPS) is 24.4. The molecule has 1 fully saturated rings. The molecule has 0 aromatic rings. The monoisotopic (exact) mass is 228 g/mol. The lowest BCUT2D eigenvalue weighted by Crippen LogP contribution is -2.54. The number of hydrazine groups is 1. The zero-order valence-electron chi connectivity index (χ0n) is 10.6. The van der Waals surface area contributed by atoms with Gasteiger partial charge in [-0.1, -0.05) is 6.92 Å². The summed E-state index contributed by atoms with van der Waals surface area (Å²) in [5.74, 6) is 5.15. The molecule has 5 nitrogen and oxygen atoms in total. The Hall–Kier alpha value is -0.650. The van der Waals surface area contributed by atoms with E-state index in [9.17, 15) is 4.79 Å². The van der Waals surface area contributed by atoms with E-state index in [1.165, 1.54) is 6.42 Å². The van der Waals surface area contributed by atoms with Crippen LogP contribution in [-0.4, -0.2) is 55.0 Å². The summed E-state index contributed by atoms with van der Waals surface area (Å²) in [6.45, 7) is 3.98. The van der Waals surface area contributed by atoms with Crippen molar-refractivity contribution in [3.63, 3.8) is 0 Å². The number of piperidine rings is 1. The predicted molar refractivity (Wildman–Crippen MR) is 64.7 cm³/mol. The molecular weight excluding hydrogens is 204 g/mol. The van der Waals surface area contributed by atoms with Crippen LogP contribution in [0.2, 0.25) is 0 Å². The summed E-state index contributed by atoms with van der Waals surface area (Å²) in [7, 11) is 4.19. The Labute approximate surface area is 97.9 Å². The summed E-state index contributed by atoms with van der Waals surface area (Å²) in [5.41, 5.74) is 2.26.